The summed E-state index contributed by atoms with van der Waals surface area (Å²) in [5, 5.41) is 0. The molecule has 0 bridgehead atoms. The first kappa shape index (κ1) is 9.04. The monoisotopic (exact) mass is 291 g/mol. The molecule has 0 unspecified atom stereocenters. The van der Waals surface area contributed by atoms with Crippen molar-refractivity contribution in [3.63, 3.8) is 0 Å². The van der Waals surface area contributed by atoms with Crippen LogP contribution in [-0.4, -0.2) is 3.90 Å². The first-order valence-electron chi connectivity index (χ1n) is 2.96. The third kappa shape index (κ3) is 5.92. The van der Waals surface area contributed by atoms with Gasteiger partial charge in [-0.15, -0.1) is 0 Å². The molecule has 0 aliphatic carbocycles. The van der Waals surface area contributed by atoms with Crippen LogP contribution in [-0.2, 0) is 19.4 Å². The van der Waals surface area contributed by atoms with Crippen LogP contribution in [0.1, 0.15) is 20.3 Å². The predicted molar refractivity (Wildman–Crippen MR) is 37.9 cm³/mol. The zero-order chi connectivity index (χ0) is 7.28. The summed E-state index contributed by atoms with van der Waals surface area (Å²) >= 11 is 1.50. The molecule has 0 N–H and O–H groups in total. The molecular formula is C8H11W-. The maximum atomic E-state index is 5.55. The van der Waals surface area contributed by atoms with Crippen LogP contribution in [0.15, 0.2) is 17.7 Å². The van der Waals surface area contributed by atoms with E-state index >= 15 is 0 Å². The summed E-state index contributed by atoms with van der Waals surface area (Å²) in [4.78, 5) is 0. The molecule has 50 valence electrons. The van der Waals surface area contributed by atoms with Gasteiger partial charge in [0.25, 0.3) is 0 Å². The molecule has 0 heterocycles. The van der Waals surface area contributed by atoms with Crippen LogP contribution >= 0.6 is 0 Å². The topological polar surface area (TPSA) is 0 Å². The molecule has 0 rings (SSSR count). The van der Waals surface area contributed by atoms with E-state index < -0.39 is 0 Å². The van der Waals surface area contributed by atoms with E-state index in [-0.39, 0.29) is 0 Å². The number of allylic oxidation sites excluding steroid dienone is 3. The van der Waals surface area contributed by atoms with Crippen LogP contribution in [0, 0.1) is 6.58 Å². The summed E-state index contributed by atoms with van der Waals surface area (Å²) in [7, 11) is 0. The summed E-state index contributed by atoms with van der Waals surface area (Å²) < 4.78 is 1.37. The van der Waals surface area contributed by atoms with Gasteiger partial charge >= 0.3 is 67.8 Å². The first-order chi connectivity index (χ1) is 4.16. The van der Waals surface area contributed by atoms with E-state index in [0.717, 1.165) is 12.0 Å². The molecule has 1 heteroatoms. The van der Waals surface area contributed by atoms with Gasteiger partial charge in [0, 0.05) is 0 Å². The van der Waals surface area contributed by atoms with E-state index in [1.165, 1.54) is 23.3 Å². The molecule has 9 heavy (non-hydrogen) atoms. The average Bonchev–Trinajstić information content (AvgIpc) is 1.83. The first-order valence-corrected chi connectivity index (χ1v) is 4.43. The van der Waals surface area contributed by atoms with Gasteiger partial charge in [-0.3, -0.25) is 0 Å². The zero-order valence-electron chi connectivity index (χ0n) is 5.85. The second-order valence-electron chi connectivity index (χ2n) is 1.87. The Hall–Kier alpha value is 0.0383. The Kier molecular flexibility index (Phi) is 4.90. The van der Waals surface area contributed by atoms with E-state index in [1.807, 2.05) is 6.08 Å². The van der Waals surface area contributed by atoms with Gasteiger partial charge in [-0.2, -0.15) is 0 Å². The molecule has 0 aliphatic rings. The fourth-order valence-electron chi connectivity index (χ4n) is 0.342. The third-order valence-corrected chi connectivity index (χ3v) is 1.43. The molecular weight excluding hydrogens is 280 g/mol. The second kappa shape index (κ2) is 4.87. The van der Waals surface area contributed by atoms with Crippen molar-refractivity contribution < 1.29 is 19.4 Å². The van der Waals surface area contributed by atoms with Gasteiger partial charge in [-0.1, -0.05) is 0 Å². The molecule has 0 spiro atoms. The van der Waals surface area contributed by atoms with Crippen molar-refractivity contribution >= 4 is 3.90 Å². The second-order valence-corrected chi connectivity index (χ2v) is 4.19. The van der Waals surface area contributed by atoms with Crippen molar-refractivity contribution in [2.24, 2.45) is 0 Å². The van der Waals surface area contributed by atoms with E-state index in [9.17, 15) is 0 Å². The molecule has 0 nitrogen and oxygen atoms in total. The van der Waals surface area contributed by atoms with Crippen molar-refractivity contribution in [3.05, 3.63) is 24.3 Å². The van der Waals surface area contributed by atoms with Crippen molar-refractivity contribution in [1.82, 2.24) is 0 Å². The maximum absolute atomic E-state index is 5.55. The zero-order valence-corrected chi connectivity index (χ0v) is 8.78. The minimum absolute atomic E-state index is 0.944. The van der Waals surface area contributed by atoms with E-state index in [2.05, 4.69) is 19.9 Å². The summed E-state index contributed by atoms with van der Waals surface area (Å²) in [6.07, 6.45) is 4.98. The van der Waals surface area contributed by atoms with Gasteiger partial charge in [0.2, 0.25) is 0 Å². The Labute approximate surface area is 68.1 Å². The third-order valence-electron chi connectivity index (χ3n) is 0.940. The molecule has 0 aromatic carbocycles. The molecule has 0 saturated heterocycles. The molecule has 0 radical (unpaired) electrons. The van der Waals surface area contributed by atoms with Gasteiger partial charge in [0.15, 0.2) is 0 Å². The molecule has 0 aliphatic heterocycles. The van der Waals surface area contributed by atoms with Crippen molar-refractivity contribution in [1.29, 1.82) is 0 Å². The Bertz CT molecular complexity index is 143. The van der Waals surface area contributed by atoms with E-state index in [4.69, 9.17) is 6.58 Å². The fourth-order valence-corrected chi connectivity index (χ4v) is 0.587. The molecule has 0 fully saturated rings. The average molecular weight is 291 g/mol. The Morgan fingerprint density at radius 3 is 2.44 bits per heavy atom. The fraction of sp³-hybridized carbons (Fsp3) is 0.375. The van der Waals surface area contributed by atoms with Crippen molar-refractivity contribution in [2.45, 2.75) is 20.3 Å². The molecule has 0 aromatic rings. The normalized spacial score (nSPS) is 10.0. The molecule has 0 amide bonds. The molecule has 0 saturated carbocycles. The summed E-state index contributed by atoms with van der Waals surface area (Å²) in [6.45, 7) is 9.69. The number of hydrogen-bond acceptors (Lipinski definition) is 0. The van der Waals surface area contributed by atoms with Gasteiger partial charge < -0.3 is 0 Å². The summed E-state index contributed by atoms with van der Waals surface area (Å²) in [6, 6.07) is 0. The molecule has 0 aromatic heterocycles. The van der Waals surface area contributed by atoms with Crippen LogP contribution in [0.25, 0.3) is 0 Å². The molecule has 0 atom stereocenters. The van der Waals surface area contributed by atoms with Gasteiger partial charge in [0.1, 0.15) is 0 Å². The quantitative estimate of drug-likeness (QED) is 0.551. The number of rotatable bonds is 3. The van der Waals surface area contributed by atoms with Gasteiger partial charge in [0.05, 0.1) is 0 Å². The SMILES string of the molecule is [CH-]=C(/C=C\[C](C)=[W])CC. The Balaban J connectivity index is 3.71. The van der Waals surface area contributed by atoms with Crippen molar-refractivity contribution in [3.8, 4) is 0 Å². The summed E-state index contributed by atoms with van der Waals surface area (Å²) in [5.74, 6) is 0. The van der Waals surface area contributed by atoms with Crippen LogP contribution in [0.2, 0.25) is 0 Å². The van der Waals surface area contributed by atoms with Crippen LogP contribution < -0.4 is 0 Å². The van der Waals surface area contributed by atoms with Crippen molar-refractivity contribution in [2.75, 3.05) is 0 Å². The van der Waals surface area contributed by atoms with E-state index in [1.54, 1.807) is 0 Å². The predicted octanol–water partition coefficient (Wildman–Crippen LogP) is 2.05. The Morgan fingerprint density at radius 1 is 1.56 bits per heavy atom. The van der Waals surface area contributed by atoms with Crippen LogP contribution in [0.3, 0.4) is 0 Å². The van der Waals surface area contributed by atoms with Crippen LogP contribution in [0.4, 0.5) is 0 Å². The summed E-state index contributed by atoms with van der Waals surface area (Å²) in [5.41, 5.74) is 0.954. The van der Waals surface area contributed by atoms with Gasteiger partial charge in [-0.05, 0) is 0 Å². The van der Waals surface area contributed by atoms with Crippen LogP contribution in [0.5, 0.6) is 0 Å². The minimum atomic E-state index is 0.944. The standard InChI is InChI=1S/C8H11.W/c1-4-6-7-8(3)5-2;/h3,6-7H,5H2,1-2H3;/q-1;/b7-6-;. The Morgan fingerprint density at radius 2 is 2.11 bits per heavy atom. The van der Waals surface area contributed by atoms with E-state index in [0.29, 0.717) is 0 Å². The number of hydrogen-bond donors (Lipinski definition) is 0. The van der Waals surface area contributed by atoms with Gasteiger partial charge in [-0.25, -0.2) is 0 Å².